The van der Waals surface area contributed by atoms with Crippen LogP contribution in [-0.2, 0) is 10.0 Å². The topological polar surface area (TPSA) is 97.2 Å². The average molecular weight is 420 g/mol. The van der Waals surface area contributed by atoms with E-state index in [9.17, 15) is 13.2 Å². The molecule has 0 unspecified atom stereocenters. The van der Waals surface area contributed by atoms with Crippen LogP contribution in [0.1, 0.15) is 52.0 Å². The highest BCUT2D eigenvalue weighted by atomic mass is 32.2. The van der Waals surface area contributed by atoms with Crippen molar-refractivity contribution >= 4 is 27.0 Å². The van der Waals surface area contributed by atoms with Gasteiger partial charge in [0.15, 0.2) is 0 Å². The summed E-state index contributed by atoms with van der Waals surface area (Å²) in [6.45, 7) is 4.88. The first-order chi connectivity index (χ1) is 13.9. The molecule has 2 fully saturated rings. The van der Waals surface area contributed by atoms with Gasteiger partial charge in [-0.2, -0.15) is 4.98 Å². The van der Waals surface area contributed by atoms with Crippen LogP contribution in [0.2, 0.25) is 0 Å². The van der Waals surface area contributed by atoms with E-state index in [0.717, 1.165) is 24.6 Å². The molecule has 0 spiro atoms. The van der Waals surface area contributed by atoms with Gasteiger partial charge >= 0.3 is 0 Å². The summed E-state index contributed by atoms with van der Waals surface area (Å²) in [5.74, 6) is 1.09. The number of fused-ring (bicyclic) bond motifs is 1. The van der Waals surface area contributed by atoms with Gasteiger partial charge < -0.3 is 5.32 Å². The van der Waals surface area contributed by atoms with Gasteiger partial charge in [0.25, 0.3) is 5.56 Å². The van der Waals surface area contributed by atoms with Crippen molar-refractivity contribution in [2.24, 2.45) is 5.92 Å². The Morgan fingerprint density at radius 2 is 1.93 bits per heavy atom. The SMILES string of the molecule is CCS(=O)(=O)N1CCC(Nc2ncc3ccc(=O)n([C@H]4CCC[C@H]4C)c3n2)CC1. The van der Waals surface area contributed by atoms with E-state index in [1.807, 2.05) is 4.57 Å². The molecule has 2 aromatic rings. The molecule has 4 rings (SSSR count). The van der Waals surface area contributed by atoms with Gasteiger partial charge in [-0.15, -0.1) is 0 Å². The minimum Gasteiger partial charge on any atom is -0.351 e. The maximum atomic E-state index is 12.6. The number of nitrogens with zero attached hydrogens (tertiary/aromatic N) is 4. The van der Waals surface area contributed by atoms with Crippen LogP contribution in [0.3, 0.4) is 0 Å². The summed E-state index contributed by atoms with van der Waals surface area (Å²) in [7, 11) is -3.14. The minimum atomic E-state index is -3.14. The van der Waals surface area contributed by atoms with E-state index in [0.29, 0.717) is 43.4 Å². The number of aromatic nitrogens is 3. The van der Waals surface area contributed by atoms with Crippen LogP contribution in [0, 0.1) is 5.92 Å². The van der Waals surface area contributed by atoms with Crippen molar-refractivity contribution in [3.05, 3.63) is 28.7 Å². The number of pyridine rings is 1. The molecular formula is C20H29N5O3S. The molecule has 3 heterocycles. The van der Waals surface area contributed by atoms with Crippen molar-refractivity contribution in [2.75, 3.05) is 24.2 Å². The van der Waals surface area contributed by atoms with Gasteiger partial charge in [-0.1, -0.05) is 13.3 Å². The maximum Gasteiger partial charge on any atom is 0.252 e. The Morgan fingerprint density at radius 3 is 2.59 bits per heavy atom. The van der Waals surface area contributed by atoms with E-state index >= 15 is 0 Å². The molecule has 158 valence electrons. The third-order valence-corrected chi connectivity index (χ3v) is 8.24. The van der Waals surface area contributed by atoms with Crippen molar-refractivity contribution in [1.82, 2.24) is 18.8 Å². The summed E-state index contributed by atoms with van der Waals surface area (Å²) in [6, 6.07) is 3.68. The van der Waals surface area contributed by atoms with Crippen molar-refractivity contribution in [3.63, 3.8) is 0 Å². The van der Waals surface area contributed by atoms with E-state index < -0.39 is 10.0 Å². The summed E-state index contributed by atoms with van der Waals surface area (Å²) >= 11 is 0. The summed E-state index contributed by atoms with van der Waals surface area (Å²) in [6.07, 6.45) is 6.44. The van der Waals surface area contributed by atoms with Gasteiger partial charge in [-0.3, -0.25) is 9.36 Å². The van der Waals surface area contributed by atoms with Crippen LogP contribution in [0.25, 0.3) is 11.0 Å². The highest BCUT2D eigenvalue weighted by molar-refractivity contribution is 7.89. The van der Waals surface area contributed by atoms with Gasteiger partial charge in [0.1, 0.15) is 5.65 Å². The van der Waals surface area contributed by atoms with E-state index in [-0.39, 0.29) is 23.4 Å². The number of anilines is 1. The predicted octanol–water partition coefficient (Wildman–Crippen LogP) is 2.38. The predicted molar refractivity (Wildman–Crippen MR) is 114 cm³/mol. The second-order valence-electron chi connectivity index (χ2n) is 8.21. The fourth-order valence-corrected chi connectivity index (χ4v) is 5.71. The molecule has 8 nitrogen and oxygen atoms in total. The number of hydrogen-bond acceptors (Lipinski definition) is 6. The molecule has 2 aromatic heterocycles. The lowest BCUT2D eigenvalue weighted by Crippen LogP contribution is -2.43. The van der Waals surface area contributed by atoms with Crippen molar-refractivity contribution in [3.8, 4) is 0 Å². The Hall–Kier alpha value is -2.00. The normalized spacial score (nSPS) is 24.2. The minimum absolute atomic E-state index is 0.0148. The standard InChI is InChI=1S/C20H29N5O3S/c1-3-29(27,28)24-11-9-16(10-12-24)22-20-21-13-15-7-8-18(26)25(19(15)23-20)17-6-4-5-14(17)2/h7-8,13-14,16-17H,3-6,9-12H2,1-2H3,(H,21,22,23)/t14-,17+/m1/s1. The highest BCUT2D eigenvalue weighted by Gasteiger charge is 2.29. The molecule has 2 aliphatic rings. The highest BCUT2D eigenvalue weighted by Crippen LogP contribution is 2.35. The molecule has 1 aliphatic heterocycles. The molecule has 0 bridgehead atoms. The molecule has 0 amide bonds. The third-order valence-electron chi connectivity index (χ3n) is 6.36. The molecule has 1 saturated carbocycles. The van der Waals surface area contributed by atoms with E-state index in [1.54, 1.807) is 29.6 Å². The van der Waals surface area contributed by atoms with Crippen LogP contribution in [0.4, 0.5) is 5.95 Å². The van der Waals surface area contributed by atoms with Crippen LogP contribution in [-0.4, -0.2) is 52.1 Å². The number of rotatable bonds is 5. The Morgan fingerprint density at radius 1 is 1.17 bits per heavy atom. The van der Waals surface area contributed by atoms with Gasteiger partial charge in [0.05, 0.1) is 5.75 Å². The molecule has 1 N–H and O–H groups in total. The summed E-state index contributed by atoms with van der Waals surface area (Å²) in [5.41, 5.74) is 0.665. The van der Waals surface area contributed by atoms with Gasteiger partial charge in [-0.25, -0.2) is 17.7 Å². The zero-order chi connectivity index (χ0) is 20.6. The average Bonchev–Trinajstić information content (AvgIpc) is 3.13. The molecule has 0 aromatic carbocycles. The van der Waals surface area contributed by atoms with Crippen LogP contribution in [0.5, 0.6) is 0 Å². The first-order valence-corrected chi connectivity index (χ1v) is 12.1. The van der Waals surface area contributed by atoms with Crippen molar-refractivity contribution in [1.29, 1.82) is 0 Å². The summed E-state index contributed by atoms with van der Waals surface area (Å²) < 4.78 is 27.5. The first-order valence-electron chi connectivity index (χ1n) is 10.5. The van der Waals surface area contributed by atoms with Gasteiger partial charge in [-0.05, 0) is 44.6 Å². The van der Waals surface area contributed by atoms with E-state index in [1.165, 1.54) is 0 Å². The quantitative estimate of drug-likeness (QED) is 0.799. The number of piperidine rings is 1. The van der Waals surface area contributed by atoms with E-state index in [4.69, 9.17) is 4.98 Å². The Kier molecular flexibility index (Phi) is 5.61. The van der Waals surface area contributed by atoms with Crippen molar-refractivity contribution in [2.45, 2.75) is 58.0 Å². The number of nitrogens with one attached hydrogen (secondary N) is 1. The van der Waals surface area contributed by atoms with Crippen LogP contribution in [0.15, 0.2) is 23.1 Å². The lowest BCUT2D eigenvalue weighted by molar-refractivity contribution is 0.329. The molecular weight excluding hydrogens is 390 g/mol. The molecule has 2 atom stereocenters. The number of sulfonamides is 1. The Bertz CT molecular complexity index is 1040. The molecule has 1 saturated heterocycles. The van der Waals surface area contributed by atoms with Gasteiger partial charge in [0, 0.05) is 42.8 Å². The second-order valence-corrected chi connectivity index (χ2v) is 10.5. The zero-order valence-electron chi connectivity index (χ0n) is 17.0. The lowest BCUT2D eigenvalue weighted by atomic mass is 10.1. The molecule has 29 heavy (non-hydrogen) atoms. The lowest BCUT2D eigenvalue weighted by Gasteiger charge is -2.31. The maximum absolute atomic E-state index is 12.6. The smallest absolute Gasteiger partial charge is 0.252 e. The molecule has 0 radical (unpaired) electrons. The van der Waals surface area contributed by atoms with Crippen molar-refractivity contribution < 1.29 is 8.42 Å². The van der Waals surface area contributed by atoms with Crippen LogP contribution < -0.4 is 10.9 Å². The first kappa shape index (κ1) is 20.3. The zero-order valence-corrected chi connectivity index (χ0v) is 17.9. The fraction of sp³-hybridized carbons (Fsp3) is 0.650. The van der Waals surface area contributed by atoms with Crippen LogP contribution >= 0.6 is 0 Å². The second kappa shape index (κ2) is 8.02. The fourth-order valence-electron chi connectivity index (χ4n) is 4.58. The van der Waals surface area contributed by atoms with Gasteiger partial charge in [0.2, 0.25) is 16.0 Å². The largest absolute Gasteiger partial charge is 0.351 e. The molecule has 9 heteroatoms. The summed E-state index contributed by atoms with van der Waals surface area (Å²) in [4.78, 5) is 21.8. The summed E-state index contributed by atoms with van der Waals surface area (Å²) in [5, 5.41) is 4.21. The Labute approximate surface area is 171 Å². The van der Waals surface area contributed by atoms with E-state index in [2.05, 4.69) is 17.2 Å². The molecule has 1 aliphatic carbocycles. The number of hydrogen-bond donors (Lipinski definition) is 1. The Balaban J connectivity index is 1.56. The third kappa shape index (κ3) is 4.02. The monoisotopic (exact) mass is 419 g/mol.